The summed E-state index contributed by atoms with van der Waals surface area (Å²) in [6.45, 7) is 0. The van der Waals surface area contributed by atoms with E-state index in [-0.39, 0.29) is 10.8 Å². The molecule has 0 bridgehead atoms. The molecular formula is C12H15ClFN. The van der Waals surface area contributed by atoms with Gasteiger partial charge < -0.3 is 4.90 Å². The number of benzene rings is 1. The van der Waals surface area contributed by atoms with E-state index in [0.717, 1.165) is 5.69 Å². The molecule has 0 aromatic heterocycles. The molecule has 1 fully saturated rings. The molecular weight excluding hydrogens is 213 g/mol. The van der Waals surface area contributed by atoms with Crippen LogP contribution in [0.2, 0.25) is 5.02 Å². The normalized spacial score (nSPS) is 17.0. The molecule has 1 nitrogen and oxygen atoms in total. The van der Waals surface area contributed by atoms with Crippen molar-refractivity contribution in [3.8, 4) is 0 Å². The third kappa shape index (κ3) is 2.10. The van der Waals surface area contributed by atoms with Crippen LogP contribution in [0.15, 0.2) is 18.2 Å². The average molecular weight is 228 g/mol. The molecule has 82 valence electrons. The predicted octanol–water partition coefficient (Wildman–Crippen LogP) is 3.86. The van der Waals surface area contributed by atoms with Crippen LogP contribution in [0.5, 0.6) is 0 Å². The van der Waals surface area contributed by atoms with Crippen LogP contribution in [0.25, 0.3) is 0 Å². The van der Waals surface area contributed by atoms with Gasteiger partial charge in [0, 0.05) is 13.1 Å². The van der Waals surface area contributed by atoms with Crippen molar-refractivity contribution in [1.29, 1.82) is 0 Å². The molecule has 1 aliphatic carbocycles. The van der Waals surface area contributed by atoms with Crippen molar-refractivity contribution in [2.45, 2.75) is 31.7 Å². The zero-order valence-electron chi connectivity index (χ0n) is 8.84. The van der Waals surface area contributed by atoms with E-state index in [1.54, 1.807) is 6.07 Å². The fourth-order valence-electron chi connectivity index (χ4n) is 2.25. The predicted molar refractivity (Wildman–Crippen MR) is 62.1 cm³/mol. The first-order valence-corrected chi connectivity index (χ1v) is 5.75. The van der Waals surface area contributed by atoms with Crippen molar-refractivity contribution < 1.29 is 4.39 Å². The van der Waals surface area contributed by atoms with E-state index in [1.165, 1.54) is 31.7 Å². The summed E-state index contributed by atoms with van der Waals surface area (Å²) in [5.41, 5.74) is 0.809. The summed E-state index contributed by atoms with van der Waals surface area (Å²) in [4.78, 5) is 2.11. The van der Waals surface area contributed by atoms with E-state index in [4.69, 9.17) is 11.6 Å². The van der Waals surface area contributed by atoms with Crippen LogP contribution >= 0.6 is 11.6 Å². The van der Waals surface area contributed by atoms with E-state index in [9.17, 15) is 4.39 Å². The van der Waals surface area contributed by atoms with Crippen LogP contribution in [0, 0.1) is 5.82 Å². The summed E-state index contributed by atoms with van der Waals surface area (Å²) >= 11 is 5.95. The second kappa shape index (κ2) is 4.40. The third-order valence-corrected chi connectivity index (χ3v) is 3.56. The van der Waals surface area contributed by atoms with E-state index in [0.29, 0.717) is 6.04 Å². The Hall–Kier alpha value is -0.760. The Bertz CT molecular complexity index is 347. The summed E-state index contributed by atoms with van der Waals surface area (Å²) in [5, 5.41) is 0.242. The average Bonchev–Trinajstić information content (AvgIpc) is 2.74. The van der Waals surface area contributed by atoms with Gasteiger partial charge in [0.05, 0.1) is 10.7 Å². The van der Waals surface area contributed by atoms with E-state index >= 15 is 0 Å². The molecule has 15 heavy (non-hydrogen) atoms. The number of anilines is 1. The number of halogens is 2. The lowest BCUT2D eigenvalue weighted by Gasteiger charge is -2.27. The van der Waals surface area contributed by atoms with Gasteiger partial charge in [0.2, 0.25) is 0 Å². The van der Waals surface area contributed by atoms with Gasteiger partial charge in [0.1, 0.15) is 5.82 Å². The van der Waals surface area contributed by atoms with E-state index < -0.39 is 0 Å². The Morgan fingerprint density at radius 2 is 2.00 bits per heavy atom. The van der Waals surface area contributed by atoms with Crippen LogP contribution in [-0.4, -0.2) is 13.1 Å². The standard InChI is InChI=1S/C12H15ClFN/c1-15(9-5-2-3-6-9)11-8-4-7-10(14)12(11)13/h4,7-9H,2-3,5-6H2,1H3. The second-order valence-electron chi connectivity index (χ2n) is 4.12. The van der Waals surface area contributed by atoms with Crippen molar-refractivity contribution in [2.75, 3.05) is 11.9 Å². The van der Waals surface area contributed by atoms with E-state index in [2.05, 4.69) is 4.90 Å². The molecule has 1 aliphatic rings. The van der Waals surface area contributed by atoms with Crippen molar-refractivity contribution in [1.82, 2.24) is 0 Å². The quantitative estimate of drug-likeness (QED) is 0.742. The fourth-order valence-corrected chi connectivity index (χ4v) is 2.51. The van der Waals surface area contributed by atoms with Crippen LogP contribution in [0.1, 0.15) is 25.7 Å². The van der Waals surface area contributed by atoms with Crippen molar-refractivity contribution in [3.05, 3.63) is 29.0 Å². The maximum atomic E-state index is 13.3. The SMILES string of the molecule is CN(c1cccc(F)c1Cl)C1CCCC1. The molecule has 0 atom stereocenters. The highest BCUT2D eigenvalue weighted by molar-refractivity contribution is 6.33. The number of hydrogen-bond acceptors (Lipinski definition) is 1. The molecule has 0 heterocycles. The molecule has 1 aromatic rings. The minimum atomic E-state index is -0.334. The second-order valence-corrected chi connectivity index (χ2v) is 4.50. The third-order valence-electron chi connectivity index (χ3n) is 3.18. The molecule has 1 aromatic carbocycles. The topological polar surface area (TPSA) is 3.24 Å². The minimum Gasteiger partial charge on any atom is -0.370 e. The first-order chi connectivity index (χ1) is 7.20. The molecule has 0 saturated heterocycles. The van der Waals surface area contributed by atoms with Crippen LogP contribution < -0.4 is 4.90 Å². The monoisotopic (exact) mass is 227 g/mol. The summed E-state index contributed by atoms with van der Waals surface area (Å²) < 4.78 is 13.3. The lowest BCUT2D eigenvalue weighted by atomic mass is 10.2. The van der Waals surface area contributed by atoms with Gasteiger partial charge in [-0.05, 0) is 25.0 Å². The van der Waals surface area contributed by atoms with Crippen LogP contribution in [0.4, 0.5) is 10.1 Å². The Labute approximate surface area is 94.8 Å². The van der Waals surface area contributed by atoms with Gasteiger partial charge in [-0.25, -0.2) is 4.39 Å². The zero-order chi connectivity index (χ0) is 10.8. The van der Waals surface area contributed by atoms with E-state index in [1.807, 2.05) is 13.1 Å². The maximum absolute atomic E-state index is 13.3. The molecule has 0 radical (unpaired) electrons. The van der Waals surface area contributed by atoms with Crippen LogP contribution in [0.3, 0.4) is 0 Å². The lowest BCUT2D eigenvalue weighted by Crippen LogP contribution is -2.29. The summed E-state index contributed by atoms with van der Waals surface area (Å²) in [7, 11) is 2.00. The highest BCUT2D eigenvalue weighted by Crippen LogP contribution is 2.32. The number of nitrogens with zero attached hydrogens (tertiary/aromatic N) is 1. The number of rotatable bonds is 2. The molecule has 2 rings (SSSR count). The Kier molecular flexibility index (Phi) is 3.15. The highest BCUT2D eigenvalue weighted by atomic mass is 35.5. The number of hydrogen-bond donors (Lipinski definition) is 0. The molecule has 1 saturated carbocycles. The Balaban J connectivity index is 2.24. The zero-order valence-corrected chi connectivity index (χ0v) is 9.60. The Morgan fingerprint density at radius 3 is 2.67 bits per heavy atom. The van der Waals surface area contributed by atoms with Gasteiger partial charge in [-0.1, -0.05) is 30.5 Å². The van der Waals surface area contributed by atoms with Gasteiger partial charge in [0.25, 0.3) is 0 Å². The first-order valence-electron chi connectivity index (χ1n) is 5.37. The molecule has 0 N–H and O–H groups in total. The molecule has 0 amide bonds. The molecule has 0 unspecified atom stereocenters. The molecule has 0 spiro atoms. The van der Waals surface area contributed by atoms with Crippen molar-refractivity contribution in [3.63, 3.8) is 0 Å². The summed E-state index contributed by atoms with van der Waals surface area (Å²) in [6.07, 6.45) is 4.90. The highest BCUT2D eigenvalue weighted by Gasteiger charge is 2.21. The van der Waals surface area contributed by atoms with Gasteiger partial charge in [-0.3, -0.25) is 0 Å². The Morgan fingerprint density at radius 1 is 1.33 bits per heavy atom. The van der Waals surface area contributed by atoms with Gasteiger partial charge in [0.15, 0.2) is 0 Å². The lowest BCUT2D eigenvalue weighted by molar-refractivity contribution is 0.620. The van der Waals surface area contributed by atoms with Gasteiger partial charge in [-0.15, -0.1) is 0 Å². The fraction of sp³-hybridized carbons (Fsp3) is 0.500. The molecule has 3 heteroatoms. The van der Waals surface area contributed by atoms with Crippen LogP contribution in [-0.2, 0) is 0 Å². The van der Waals surface area contributed by atoms with Crippen molar-refractivity contribution >= 4 is 17.3 Å². The van der Waals surface area contributed by atoms with Gasteiger partial charge in [-0.2, -0.15) is 0 Å². The largest absolute Gasteiger partial charge is 0.370 e. The summed E-state index contributed by atoms with van der Waals surface area (Å²) in [5.74, 6) is -0.334. The summed E-state index contributed by atoms with van der Waals surface area (Å²) in [6, 6.07) is 5.50. The first kappa shape index (κ1) is 10.7. The maximum Gasteiger partial charge on any atom is 0.143 e. The van der Waals surface area contributed by atoms with Gasteiger partial charge >= 0.3 is 0 Å². The minimum absolute atomic E-state index is 0.242. The van der Waals surface area contributed by atoms with Crippen molar-refractivity contribution in [2.24, 2.45) is 0 Å². The smallest absolute Gasteiger partial charge is 0.143 e. The molecule has 0 aliphatic heterocycles.